The third-order valence-electron chi connectivity index (χ3n) is 4.40. The fourth-order valence-corrected chi connectivity index (χ4v) is 2.60. The summed E-state index contributed by atoms with van der Waals surface area (Å²) >= 11 is 0. The van der Waals surface area contributed by atoms with Crippen LogP contribution in [-0.4, -0.2) is 23.2 Å². The highest BCUT2D eigenvalue weighted by Crippen LogP contribution is 2.47. The van der Waals surface area contributed by atoms with Crippen molar-refractivity contribution < 1.29 is 9.90 Å². The molecule has 19 heavy (non-hydrogen) atoms. The van der Waals surface area contributed by atoms with Crippen LogP contribution < -0.4 is 5.32 Å². The maximum atomic E-state index is 12.3. The van der Waals surface area contributed by atoms with E-state index < -0.39 is 5.54 Å². The Kier molecular flexibility index (Phi) is 4.25. The van der Waals surface area contributed by atoms with Crippen molar-refractivity contribution in [3.63, 3.8) is 0 Å². The van der Waals surface area contributed by atoms with Gasteiger partial charge in [-0.05, 0) is 30.7 Å². The largest absolute Gasteiger partial charge is 0.394 e. The molecule has 2 atom stereocenters. The summed E-state index contributed by atoms with van der Waals surface area (Å²) in [5.74, 6) is 0.518. The molecule has 0 aromatic heterocycles. The van der Waals surface area contributed by atoms with Crippen LogP contribution in [0.5, 0.6) is 0 Å². The minimum absolute atomic E-state index is 0.00840. The molecule has 2 N–H and O–H groups in total. The maximum Gasteiger partial charge on any atom is 0.224 e. The quantitative estimate of drug-likeness (QED) is 0.826. The number of nitrogens with one attached hydrogen (secondary N) is 1. The Morgan fingerprint density at radius 3 is 2.47 bits per heavy atom. The van der Waals surface area contributed by atoms with Gasteiger partial charge < -0.3 is 10.4 Å². The molecule has 0 spiro atoms. The number of carbonyl (C=O) groups is 1. The molecule has 3 nitrogen and oxygen atoms in total. The second-order valence-electron chi connectivity index (χ2n) is 5.49. The van der Waals surface area contributed by atoms with Crippen LogP contribution in [0.4, 0.5) is 0 Å². The first-order valence-corrected chi connectivity index (χ1v) is 7.13. The predicted octanol–water partition coefficient (Wildman–Crippen LogP) is 2.46. The minimum Gasteiger partial charge on any atom is -0.394 e. The standard InChI is InChI=1S/C16H23NO2/c1-3-16(4-2,11-18)17-15(19)14-10-13(14)12-8-6-5-7-9-12/h5-9,13-14,18H,3-4,10-11H2,1-2H3,(H,17,19)/t13-,14+/m1/s1. The van der Waals surface area contributed by atoms with Gasteiger partial charge in [0.2, 0.25) is 5.91 Å². The number of aliphatic hydroxyl groups excluding tert-OH is 1. The second kappa shape index (κ2) is 5.74. The molecule has 1 saturated carbocycles. The van der Waals surface area contributed by atoms with Crippen molar-refractivity contribution in [1.29, 1.82) is 0 Å². The first-order valence-electron chi connectivity index (χ1n) is 7.13. The summed E-state index contributed by atoms with van der Waals surface area (Å²) in [5.41, 5.74) is 0.797. The highest BCUT2D eigenvalue weighted by molar-refractivity contribution is 5.83. The van der Waals surface area contributed by atoms with Crippen molar-refractivity contribution in [3.05, 3.63) is 35.9 Å². The predicted molar refractivity (Wildman–Crippen MR) is 75.8 cm³/mol. The van der Waals surface area contributed by atoms with Crippen molar-refractivity contribution >= 4 is 5.91 Å². The van der Waals surface area contributed by atoms with Gasteiger partial charge in [-0.25, -0.2) is 0 Å². The first kappa shape index (κ1) is 14.1. The lowest BCUT2D eigenvalue weighted by Crippen LogP contribution is -2.51. The second-order valence-corrected chi connectivity index (χ2v) is 5.49. The Morgan fingerprint density at radius 1 is 1.32 bits per heavy atom. The smallest absolute Gasteiger partial charge is 0.224 e. The van der Waals surface area contributed by atoms with E-state index in [1.807, 2.05) is 32.0 Å². The molecular weight excluding hydrogens is 238 g/mol. The molecule has 1 aromatic carbocycles. The molecular formula is C16H23NO2. The molecule has 0 bridgehead atoms. The lowest BCUT2D eigenvalue weighted by Gasteiger charge is -2.30. The molecule has 1 fully saturated rings. The van der Waals surface area contributed by atoms with Crippen molar-refractivity contribution in [3.8, 4) is 0 Å². The van der Waals surface area contributed by atoms with E-state index in [2.05, 4.69) is 17.4 Å². The van der Waals surface area contributed by atoms with Gasteiger partial charge in [0.25, 0.3) is 0 Å². The van der Waals surface area contributed by atoms with Gasteiger partial charge in [-0.15, -0.1) is 0 Å². The molecule has 1 aliphatic rings. The molecule has 2 rings (SSSR count). The highest BCUT2D eigenvalue weighted by Gasteiger charge is 2.45. The Hall–Kier alpha value is -1.35. The van der Waals surface area contributed by atoms with E-state index in [4.69, 9.17) is 0 Å². The topological polar surface area (TPSA) is 49.3 Å². The van der Waals surface area contributed by atoms with E-state index in [9.17, 15) is 9.90 Å². The molecule has 0 aliphatic heterocycles. The molecule has 1 aliphatic carbocycles. The zero-order valence-corrected chi connectivity index (χ0v) is 11.7. The molecule has 0 heterocycles. The van der Waals surface area contributed by atoms with E-state index in [0.29, 0.717) is 5.92 Å². The third kappa shape index (κ3) is 2.98. The van der Waals surface area contributed by atoms with E-state index in [1.165, 1.54) is 5.56 Å². The molecule has 1 amide bonds. The van der Waals surface area contributed by atoms with Crippen LogP contribution in [0.2, 0.25) is 0 Å². The van der Waals surface area contributed by atoms with E-state index in [-0.39, 0.29) is 18.4 Å². The number of benzene rings is 1. The number of hydrogen-bond acceptors (Lipinski definition) is 2. The summed E-state index contributed by atoms with van der Waals surface area (Å²) < 4.78 is 0. The van der Waals surface area contributed by atoms with Crippen LogP contribution in [0.25, 0.3) is 0 Å². The monoisotopic (exact) mass is 261 g/mol. The van der Waals surface area contributed by atoms with Gasteiger partial charge >= 0.3 is 0 Å². The van der Waals surface area contributed by atoms with Crippen molar-refractivity contribution in [2.24, 2.45) is 5.92 Å². The zero-order valence-electron chi connectivity index (χ0n) is 11.7. The molecule has 0 saturated heterocycles. The summed E-state index contributed by atoms with van der Waals surface area (Å²) in [6.45, 7) is 4.01. The van der Waals surface area contributed by atoms with Gasteiger partial charge in [0.1, 0.15) is 0 Å². The van der Waals surface area contributed by atoms with Gasteiger partial charge in [-0.1, -0.05) is 44.2 Å². The number of aliphatic hydroxyl groups is 1. The van der Waals surface area contributed by atoms with Crippen LogP contribution >= 0.6 is 0 Å². The third-order valence-corrected chi connectivity index (χ3v) is 4.40. The molecule has 0 unspecified atom stereocenters. The summed E-state index contributed by atoms with van der Waals surface area (Å²) in [6, 6.07) is 10.2. The lowest BCUT2D eigenvalue weighted by molar-refractivity contribution is -0.125. The average molecular weight is 261 g/mol. The van der Waals surface area contributed by atoms with E-state index in [1.54, 1.807) is 0 Å². The van der Waals surface area contributed by atoms with Crippen molar-refractivity contribution in [2.45, 2.75) is 44.6 Å². The summed E-state index contributed by atoms with van der Waals surface area (Å²) in [5, 5.41) is 12.5. The number of amides is 1. The molecule has 104 valence electrons. The minimum atomic E-state index is -0.444. The Balaban J connectivity index is 1.96. The molecule has 3 heteroatoms. The lowest BCUT2D eigenvalue weighted by atomic mass is 9.93. The van der Waals surface area contributed by atoms with Crippen LogP contribution in [0, 0.1) is 5.92 Å². The van der Waals surface area contributed by atoms with Gasteiger partial charge in [0.05, 0.1) is 12.1 Å². The van der Waals surface area contributed by atoms with Gasteiger partial charge in [0.15, 0.2) is 0 Å². The van der Waals surface area contributed by atoms with E-state index in [0.717, 1.165) is 19.3 Å². The maximum absolute atomic E-state index is 12.3. The number of carbonyl (C=O) groups excluding carboxylic acids is 1. The number of hydrogen-bond donors (Lipinski definition) is 2. The van der Waals surface area contributed by atoms with Crippen molar-refractivity contribution in [2.75, 3.05) is 6.61 Å². The Labute approximate surface area is 115 Å². The highest BCUT2D eigenvalue weighted by atomic mass is 16.3. The molecule has 1 aromatic rings. The summed E-state index contributed by atoms with van der Waals surface area (Å²) in [4.78, 5) is 12.3. The average Bonchev–Trinajstić information content (AvgIpc) is 3.26. The Bertz CT molecular complexity index is 417. The molecule has 0 radical (unpaired) electrons. The summed E-state index contributed by atoms with van der Waals surface area (Å²) in [6.07, 6.45) is 2.44. The normalized spacial score (nSPS) is 22.1. The Morgan fingerprint density at radius 2 is 1.95 bits per heavy atom. The first-order chi connectivity index (χ1) is 9.15. The van der Waals surface area contributed by atoms with Gasteiger partial charge in [0, 0.05) is 5.92 Å². The van der Waals surface area contributed by atoms with Crippen LogP contribution in [0.3, 0.4) is 0 Å². The SMILES string of the molecule is CCC(CC)(CO)NC(=O)[C@H]1C[C@@H]1c1ccccc1. The van der Waals surface area contributed by atoms with Gasteiger partial charge in [-0.3, -0.25) is 4.79 Å². The fourth-order valence-electron chi connectivity index (χ4n) is 2.60. The summed E-state index contributed by atoms with van der Waals surface area (Å²) in [7, 11) is 0. The van der Waals surface area contributed by atoms with Crippen LogP contribution in [0.1, 0.15) is 44.6 Å². The fraction of sp³-hybridized carbons (Fsp3) is 0.562. The zero-order chi connectivity index (χ0) is 13.9. The number of rotatable bonds is 6. The van der Waals surface area contributed by atoms with Crippen LogP contribution in [0.15, 0.2) is 30.3 Å². The van der Waals surface area contributed by atoms with Crippen LogP contribution in [-0.2, 0) is 4.79 Å². The van der Waals surface area contributed by atoms with Crippen molar-refractivity contribution in [1.82, 2.24) is 5.32 Å². The van der Waals surface area contributed by atoms with Gasteiger partial charge in [-0.2, -0.15) is 0 Å². The van der Waals surface area contributed by atoms with E-state index >= 15 is 0 Å².